The first-order valence-corrected chi connectivity index (χ1v) is 9.28. The summed E-state index contributed by atoms with van der Waals surface area (Å²) in [7, 11) is 0. The molecule has 0 atom stereocenters. The average Bonchev–Trinajstić information content (AvgIpc) is 2.67. The Hall–Kier alpha value is -2.26. The third kappa shape index (κ3) is 3.57. The second kappa shape index (κ2) is 7.32. The van der Waals surface area contributed by atoms with Crippen LogP contribution >= 0.6 is 0 Å². The van der Waals surface area contributed by atoms with Crippen molar-refractivity contribution in [2.24, 2.45) is 0 Å². The normalized spacial score (nSPS) is 18.0. The van der Waals surface area contributed by atoms with Crippen molar-refractivity contribution in [3.05, 3.63) is 72.1 Å². The zero-order valence-corrected chi connectivity index (χ0v) is 14.9. The molecular formula is C22H26N2O. The second-order valence-corrected chi connectivity index (χ2v) is 7.04. The van der Waals surface area contributed by atoms with E-state index in [1.807, 2.05) is 18.3 Å². The van der Waals surface area contributed by atoms with Gasteiger partial charge in [-0.1, -0.05) is 36.4 Å². The van der Waals surface area contributed by atoms with E-state index >= 15 is 0 Å². The Bertz CT molecular complexity index is 747. The van der Waals surface area contributed by atoms with Crippen molar-refractivity contribution < 1.29 is 4.74 Å². The molecule has 0 saturated carbocycles. The highest BCUT2D eigenvalue weighted by molar-refractivity contribution is 5.62. The van der Waals surface area contributed by atoms with Gasteiger partial charge in [-0.15, -0.1) is 0 Å². The van der Waals surface area contributed by atoms with Crippen molar-refractivity contribution in [3.63, 3.8) is 0 Å². The molecule has 0 N–H and O–H groups in total. The summed E-state index contributed by atoms with van der Waals surface area (Å²) in [5.41, 5.74) is 4.16. The number of hydrogen-bond donors (Lipinski definition) is 0. The Labute approximate surface area is 150 Å². The molecule has 0 radical (unpaired) electrons. The fourth-order valence-corrected chi connectivity index (χ4v) is 4.01. The Kier molecular flexibility index (Phi) is 4.75. The van der Waals surface area contributed by atoms with Crippen molar-refractivity contribution in [1.82, 2.24) is 4.90 Å². The number of hydrogen-bond acceptors (Lipinski definition) is 3. The van der Waals surface area contributed by atoms with Gasteiger partial charge in [-0.2, -0.15) is 0 Å². The highest BCUT2D eigenvalue weighted by Crippen LogP contribution is 2.32. The molecule has 0 bridgehead atoms. The number of anilines is 1. The van der Waals surface area contributed by atoms with E-state index in [2.05, 4.69) is 53.1 Å². The van der Waals surface area contributed by atoms with Crippen LogP contribution in [-0.4, -0.2) is 31.1 Å². The molecule has 25 heavy (non-hydrogen) atoms. The van der Waals surface area contributed by atoms with Crippen LogP contribution in [0.5, 0.6) is 5.75 Å². The molecule has 0 aromatic heterocycles. The van der Waals surface area contributed by atoms with E-state index in [1.54, 1.807) is 11.8 Å². The standard InChI is InChI=1S/C22H26N2O/c1-18-6-2-3-7-20(18)19-10-12-23(13-11-19)14-15-24-16-17-25-22-9-5-4-8-21(22)24/h2-9,16-17,19H,10-15H2,1H3. The second-order valence-electron chi connectivity index (χ2n) is 7.04. The minimum Gasteiger partial charge on any atom is -0.461 e. The number of likely N-dealkylation sites (tertiary alicyclic amines) is 1. The van der Waals surface area contributed by atoms with Gasteiger partial charge in [-0.05, 0) is 62.0 Å². The summed E-state index contributed by atoms with van der Waals surface area (Å²) in [6, 6.07) is 17.1. The monoisotopic (exact) mass is 334 g/mol. The van der Waals surface area contributed by atoms with Crippen molar-refractivity contribution in [1.29, 1.82) is 0 Å². The minimum absolute atomic E-state index is 0.724. The maximum atomic E-state index is 5.58. The average molecular weight is 334 g/mol. The summed E-state index contributed by atoms with van der Waals surface area (Å²) in [6.45, 7) is 6.72. The SMILES string of the molecule is Cc1ccccc1C1CCN(CCN2C=COc3ccccc32)CC1. The molecule has 0 unspecified atom stereocenters. The summed E-state index contributed by atoms with van der Waals surface area (Å²) in [5.74, 6) is 1.67. The Balaban J connectivity index is 1.32. The van der Waals surface area contributed by atoms with E-state index < -0.39 is 0 Å². The summed E-state index contributed by atoms with van der Waals surface area (Å²) in [6.07, 6.45) is 6.36. The fraction of sp³-hybridized carbons (Fsp3) is 0.364. The van der Waals surface area contributed by atoms with Gasteiger partial charge in [0.1, 0.15) is 12.0 Å². The van der Waals surface area contributed by atoms with Crippen molar-refractivity contribution in [2.75, 3.05) is 31.1 Å². The van der Waals surface area contributed by atoms with Crippen LogP contribution in [0.4, 0.5) is 5.69 Å². The van der Waals surface area contributed by atoms with Gasteiger partial charge < -0.3 is 14.5 Å². The largest absolute Gasteiger partial charge is 0.461 e. The topological polar surface area (TPSA) is 15.7 Å². The summed E-state index contributed by atoms with van der Waals surface area (Å²) in [5, 5.41) is 0. The molecule has 130 valence electrons. The van der Waals surface area contributed by atoms with Crippen LogP contribution in [0.2, 0.25) is 0 Å². The van der Waals surface area contributed by atoms with E-state index in [-0.39, 0.29) is 0 Å². The van der Waals surface area contributed by atoms with Gasteiger partial charge in [0.15, 0.2) is 0 Å². The lowest BCUT2D eigenvalue weighted by Crippen LogP contribution is -2.38. The van der Waals surface area contributed by atoms with Crippen LogP contribution in [0.25, 0.3) is 0 Å². The maximum Gasteiger partial charge on any atom is 0.150 e. The zero-order chi connectivity index (χ0) is 17.1. The quantitative estimate of drug-likeness (QED) is 0.816. The van der Waals surface area contributed by atoms with Gasteiger partial charge in [0, 0.05) is 19.3 Å². The van der Waals surface area contributed by atoms with E-state index in [1.165, 1.54) is 37.2 Å². The number of fused-ring (bicyclic) bond motifs is 1. The molecule has 3 nitrogen and oxygen atoms in total. The van der Waals surface area contributed by atoms with Gasteiger partial charge >= 0.3 is 0 Å². The predicted molar refractivity (Wildman–Crippen MR) is 103 cm³/mol. The van der Waals surface area contributed by atoms with Crippen molar-refractivity contribution >= 4 is 5.69 Å². The first-order chi connectivity index (χ1) is 12.3. The number of nitrogens with zero attached hydrogens (tertiary/aromatic N) is 2. The van der Waals surface area contributed by atoms with Gasteiger partial charge in [0.05, 0.1) is 5.69 Å². The molecule has 1 fully saturated rings. The summed E-state index contributed by atoms with van der Waals surface area (Å²) >= 11 is 0. The molecule has 2 aromatic rings. The number of piperidine rings is 1. The molecule has 2 heterocycles. The lowest BCUT2D eigenvalue weighted by molar-refractivity contribution is 0.217. The third-order valence-corrected chi connectivity index (χ3v) is 5.48. The molecule has 0 spiro atoms. The van der Waals surface area contributed by atoms with Crippen LogP contribution in [-0.2, 0) is 0 Å². The molecule has 1 saturated heterocycles. The predicted octanol–water partition coefficient (Wildman–Crippen LogP) is 4.54. The molecule has 2 aromatic carbocycles. The molecule has 0 aliphatic carbocycles. The first-order valence-electron chi connectivity index (χ1n) is 9.28. The van der Waals surface area contributed by atoms with Crippen molar-refractivity contribution in [3.8, 4) is 5.75 Å². The Morgan fingerprint density at radius 2 is 1.72 bits per heavy atom. The highest BCUT2D eigenvalue weighted by Gasteiger charge is 2.22. The highest BCUT2D eigenvalue weighted by atomic mass is 16.5. The third-order valence-electron chi connectivity index (χ3n) is 5.48. The first kappa shape index (κ1) is 16.2. The summed E-state index contributed by atoms with van der Waals surface area (Å²) in [4.78, 5) is 4.90. The van der Waals surface area contributed by atoms with Crippen LogP contribution < -0.4 is 9.64 Å². The lowest BCUT2D eigenvalue weighted by atomic mass is 9.87. The minimum atomic E-state index is 0.724. The van der Waals surface area contributed by atoms with Crippen LogP contribution in [0.1, 0.15) is 29.9 Å². The lowest BCUT2D eigenvalue weighted by Gasteiger charge is -2.34. The zero-order valence-electron chi connectivity index (χ0n) is 14.9. The van der Waals surface area contributed by atoms with Crippen LogP contribution in [0, 0.1) is 6.92 Å². The molecule has 3 heteroatoms. The van der Waals surface area contributed by atoms with Gasteiger partial charge in [-0.3, -0.25) is 0 Å². The van der Waals surface area contributed by atoms with Gasteiger partial charge in [0.2, 0.25) is 0 Å². The Morgan fingerprint density at radius 1 is 0.960 bits per heavy atom. The van der Waals surface area contributed by atoms with Crippen LogP contribution in [0.3, 0.4) is 0 Å². The number of rotatable bonds is 4. The molecule has 0 amide bonds. The van der Waals surface area contributed by atoms with Crippen molar-refractivity contribution in [2.45, 2.75) is 25.7 Å². The Morgan fingerprint density at radius 3 is 2.56 bits per heavy atom. The van der Waals surface area contributed by atoms with Gasteiger partial charge in [-0.25, -0.2) is 0 Å². The van der Waals surface area contributed by atoms with E-state index in [4.69, 9.17) is 4.74 Å². The number of ether oxygens (including phenoxy) is 1. The fourth-order valence-electron chi connectivity index (χ4n) is 4.01. The molecule has 4 rings (SSSR count). The van der Waals surface area contributed by atoms with E-state index in [0.29, 0.717) is 0 Å². The maximum absolute atomic E-state index is 5.58. The number of para-hydroxylation sites is 2. The number of aryl methyl sites for hydroxylation is 1. The summed E-state index contributed by atoms with van der Waals surface area (Å²) < 4.78 is 5.58. The molecular weight excluding hydrogens is 308 g/mol. The van der Waals surface area contributed by atoms with E-state index in [9.17, 15) is 0 Å². The van der Waals surface area contributed by atoms with Crippen LogP contribution in [0.15, 0.2) is 61.0 Å². The molecule has 2 aliphatic heterocycles. The smallest absolute Gasteiger partial charge is 0.150 e. The van der Waals surface area contributed by atoms with Gasteiger partial charge in [0.25, 0.3) is 0 Å². The number of benzene rings is 2. The molecule has 2 aliphatic rings. The van der Waals surface area contributed by atoms with E-state index in [0.717, 1.165) is 24.8 Å².